The molecule has 0 atom stereocenters. The fraction of sp³-hybridized carbons (Fsp3) is 0.762. The topological polar surface area (TPSA) is 3.88 Å². The predicted octanol–water partition coefficient (Wildman–Crippen LogP) is 6.24. The molecule has 0 aromatic carbocycles. The van der Waals surface area contributed by atoms with Crippen molar-refractivity contribution in [3.8, 4) is 0 Å². The van der Waals surface area contributed by atoms with E-state index in [4.69, 9.17) is 0 Å². The average molecular weight is 305 g/mol. The Morgan fingerprint density at radius 3 is 1.73 bits per heavy atom. The molecule has 0 aliphatic rings. The molecule has 0 aliphatic carbocycles. The molecule has 0 bridgehead atoms. The zero-order chi connectivity index (χ0) is 15.9. The van der Waals surface area contributed by atoms with Crippen molar-refractivity contribution in [1.82, 2.24) is 0 Å². The van der Waals surface area contributed by atoms with Crippen LogP contribution in [0.15, 0.2) is 24.5 Å². The summed E-state index contributed by atoms with van der Waals surface area (Å²) in [5, 5.41) is 0. The molecule has 1 aromatic heterocycles. The van der Waals surface area contributed by atoms with Crippen LogP contribution in [0, 0.1) is 0 Å². The summed E-state index contributed by atoms with van der Waals surface area (Å²) in [4.78, 5) is 0. The normalized spacial score (nSPS) is 11.0. The predicted molar refractivity (Wildman–Crippen MR) is 97.1 cm³/mol. The van der Waals surface area contributed by atoms with Crippen LogP contribution in [0.4, 0.5) is 0 Å². The van der Waals surface area contributed by atoms with Gasteiger partial charge in [-0.15, -0.1) is 0 Å². The van der Waals surface area contributed by atoms with Gasteiger partial charge in [-0.3, -0.25) is 0 Å². The first-order valence-corrected chi connectivity index (χ1v) is 9.84. The largest absolute Gasteiger partial charge is 0.205 e. The van der Waals surface area contributed by atoms with E-state index in [1.54, 1.807) is 0 Å². The Morgan fingerprint density at radius 1 is 0.636 bits per heavy atom. The first-order valence-electron chi connectivity index (χ1n) is 9.84. The number of hydrogen-bond donors (Lipinski definition) is 0. The molecule has 1 aromatic rings. The molecule has 1 nitrogen and oxygen atoms in total. The van der Waals surface area contributed by atoms with Crippen molar-refractivity contribution >= 4 is 0 Å². The van der Waals surface area contributed by atoms with Crippen LogP contribution < -0.4 is 4.57 Å². The Balaban J connectivity index is 2.00. The fourth-order valence-electron chi connectivity index (χ4n) is 2.99. The molecule has 0 N–H and O–H groups in total. The van der Waals surface area contributed by atoms with Crippen molar-refractivity contribution in [2.75, 3.05) is 0 Å². The summed E-state index contributed by atoms with van der Waals surface area (Å²) in [5.41, 5.74) is 1.51. The second-order valence-corrected chi connectivity index (χ2v) is 6.73. The van der Waals surface area contributed by atoms with Crippen LogP contribution in [0.1, 0.15) is 96.5 Å². The molecule has 22 heavy (non-hydrogen) atoms. The lowest BCUT2D eigenvalue weighted by atomic mass is 10.0. The van der Waals surface area contributed by atoms with E-state index in [-0.39, 0.29) is 0 Å². The summed E-state index contributed by atoms with van der Waals surface area (Å²) >= 11 is 0. The molecule has 0 aliphatic heterocycles. The van der Waals surface area contributed by atoms with Crippen LogP contribution >= 0.6 is 0 Å². The number of pyridine rings is 1. The highest BCUT2D eigenvalue weighted by Gasteiger charge is 2.01. The molecular formula is C21H38N+. The maximum atomic E-state index is 2.33. The number of nitrogens with zero attached hydrogens (tertiary/aromatic N) is 1. The zero-order valence-corrected chi connectivity index (χ0v) is 15.2. The summed E-state index contributed by atoms with van der Waals surface area (Å²) in [7, 11) is 0. The third kappa shape index (κ3) is 9.97. The summed E-state index contributed by atoms with van der Waals surface area (Å²) in [6, 6.07) is 4.63. The van der Waals surface area contributed by atoms with Gasteiger partial charge in [0.15, 0.2) is 12.4 Å². The average Bonchev–Trinajstić information content (AvgIpc) is 2.55. The minimum absolute atomic E-state index is 1.17. The van der Waals surface area contributed by atoms with Gasteiger partial charge in [-0.1, -0.05) is 71.6 Å². The lowest BCUT2D eigenvalue weighted by Gasteiger charge is -2.03. The highest BCUT2D eigenvalue weighted by molar-refractivity contribution is 5.07. The lowest BCUT2D eigenvalue weighted by Crippen LogP contribution is -2.32. The van der Waals surface area contributed by atoms with Gasteiger partial charge in [0.05, 0.1) is 0 Å². The van der Waals surface area contributed by atoms with E-state index in [0.29, 0.717) is 0 Å². The smallest absolute Gasteiger partial charge is 0.169 e. The number of aromatic nitrogens is 1. The molecule has 0 amide bonds. The highest BCUT2D eigenvalue weighted by atomic mass is 14.9. The molecule has 0 unspecified atom stereocenters. The third-order valence-electron chi connectivity index (χ3n) is 4.55. The van der Waals surface area contributed by atoms with Gasteiger partial charge in [0.1, 0.15) is 6.54 Å². The fourth-order valence-corrected chi connectivity index (χ4v) is 2.99. The molecule has 0 radical (unpaired) electrons. The summed E-state index contributed by atoms with van der Waals surface area (Å²) in [5.74, 6) is 0. The third-order valence-corrected chi connectivity index (χ3v) is 4.55. The Labute approximate surface area is 139 Å². The highest BCUT2D eigenvalue weighted by Crippen LogP contribution is 2.11. The van der Waals surface area contributed by atoms with E-state index in [1.807, 2.05) is 0 Å². The second-order valence-electron chi connectivity index (χ2n) is 6.73. The van der Waals surface area contributed by atoms with Crippen molar-refractivity contribution in [2.45, 2.75) is 104 Å². The van der Waals surface area contributed by atoms with Crippen molar-refractivity contribution in [3.63, 3.8) is 0 Å². The Bertz CT molecular complexity index is 341. The Kier molecular flexibility index (Phi) is 12.0. The molecule has 0 spiro atoms. The van der Waals surface area contributed by atoms with E-state index < -0.39 is 0 Å². The van der Waals surface area contributed by atoms with Crippen molar-refractivity contribution in [3.05, 3.63) is 30.1 Å². The number of hydrogen-bond acceptors (Lipinski definition) is 0. The van der Waals surface area contributed by atoms with Gasteiger partial charge in [-0.2, -0.15) is 0 Å². The minimum Gasteiger partial charge on any atom is -0.205 e. The first kappa shape index (κ1) is 19.2. The maximum Gasteiger partial charge on any atom is 0.169 e. The van der Waals surface area contributed by atoms with Crippen LogP contribution in [0.2, 0.25) is 0 Å². The molecule has 126 valence electrons. The Hall–Kier alpha value is -0.850. The SMILES string of the molecule is CCCCCCCCCCCc1cc[n+](CCCCC)cc1. The summed E-state index contributed by atoms with van der Waals surface area (Å²) in [6.07, 6.45) is 22.5. The van der Waals surface area contributed by atoms with Gasteiger partial charge in [0, 0.05) is 18.6 Å². The monoisotopic (exact) mass is 304 g/mol. The van der Waals surface area contributed by atoms with Crippen molar-refractivity contribution < 1.29 is 4.57 Å². The molecule has 1 heterocycles. The standard InChI is InChI=1S/C21H38N/c1-3-5-7-8-9-10-11-12-13-15-21-16-19-22(20-17-21)18-14-6-4-2/h16-17,19-20H,3-15,18H2,1-2H3/q+1. The van der Waals surface area contributed by atoms with Crippen LogP contribution in [0.3, 0.4) is 0 Å². The van der Waals surface area contributed by atoms with Crippen LogP contribution in [0.25, 0.3) is 0 Å². The second kappa shape index (κ2) is 13.8. The van der Waals surface area contributed by atoms with Crippen molar-refractivity contribution in [2.24, 2.45) is 0 Å². The van der Waals surface area contributed by atoms with Gasteiger partial charge in [0.2, 0.25) is 0 Å². The first-order chi connectivity index (χ1) is 10.9. The van der Waals surface area contributed by atoms with E-state index in [0.717, 1.165) is 0 Å². The molecule has 0 saturated heterocycles. The quantitative estimate of drug-likeness (QED) is 0.283. The summed E-state index contributed by atoms with van der Waals surface area (Å²) in [6.45, 7) is 5.72. The number of aryl methyl sites for hydroxylation is 2. The Morgan fingerprint density at radius 2 is 1.14 bits per heavy atom. The molecular weight excluding hydrogens is 266 g/mol. The van der Waals surface area contributed by atoms with Gasteiger partial charge >= 0.3 is 0 Å². The zero-order valence-electron chi connectivity index (χ0n) is 15.2. The van der Waals surface area contributed by atoms with E-state index in [1.165, 1.54) is 95.6 Å². The van der Waals surface area contributed by atoms with Crippen LogP contribution in [-0.2, 0) is 13.0 Å². The van der Waals surface area contributed by atoms with Crippen molar-refractivity contribution in [1.29, 1.82) is 0 Å². The number of unbranched alkanes of at least 4 members (excludes halogenated alkanes) is 10. The van der Waals surface area contributed by atoms with Gasteiger partial charge < -0.3 is 0 Å². The molecule has 0 fully saturated rings. The van der Waals surface area contributed by atoms with Crippen LogP contribution in [0.5, 0.6) is 0 Å². The van der Waals surface area contributed by atoms with Crippen LogP contribution in [-0.4, -0.2) is 0 Å². The lowest BCUT2D eigenvalue weighted by molar-refractivity contribution is -0.697. The van der Waals surface area contributed by atoms with Gasteiger partial charge in [-0.25, -0.2) is 4.57 Å². The van der Waals surface area contributed by atoms with E-state index >= 15 is 0 Å². The molecule has 1 heteroatoms. The minimum atomic E-state index is 1.17. The van der Waals surface area contributed by atoms with E-state index in [2.05, 4.69) is 42.9 Å². The summed E-state index contributed by atoms with van der Waals surface area (Å²) < 4.78 is 2.33. The maximum absolute atomic E-state index is 2.33. The molecule has 1 rings (SSSR count). The van der Waals surface area contributed by atoms with Gasteiger partial charge in [-0.05, 0) is 24.8 Å². The van der Waals surface area contributed by atoms with Gasteiger partial charge in [0.25, 0.3) is 0 Å². The molecule has 0 saturated carbocycles. The number of rotatable bonds is 14. The van der Waals surface area contributed by atoms with E-state index in [9.17, 15) is 0 Å².